The third-order valence-corrected chi connectivity index (χ3v) is 3.53. The summed E-state index contributed by atoms with van der Waals surface area (Å²) in [5.74, 6) is 0. The molecule has 1 fully saturated rings. The van der Waals surface area contributed by atoms with Gasteiger partial charge >= 0.3 is 0 Å². The van der Waals surface area contributed by atoms with Crippen LogP contribution in [-0.2, 0) is 0 Å². The monoisotopic (exact) mass is 212 g/mol. The van der Waals surface area contributed by atoms with Crippen LogP contribution in [0.2, 0.25) is 0 Å². The molecule has 0 aliphatic carbocycles. The van der Waals surface area contributed by atoms with Crippen molar-refractivity contribution in [2.45, 2.75) is 72.1 Å². The maximum atomic E-state index is 2.64. The fraction of sp³-hybridized carbons (Fsp3) is 1.00. The maximum absolute atomic E-state index is 2.64. The maximum Gasteiger partial charge on any atom is 0.0201 e. The van der Waals surface area contributed by atoms with Gasteiger partial charge in [-0.1, -0.05) is 0 Å². The summed E-state index contributed by atoms with van der Waals surface area (Å²) in [7, 11) is 0. The molecule has 0 spiro atoms. The average Bonchev–Trinajstić information content (AvgIpc) is 1.99. The zero-order valence-electron chi connectivity index (χ0n) is 11.5. The summed E-state index contributed by atoms with van der Waals surface area (Å²) in [5.41, 5.74) is 0.311. The predicted molar refractivity (Wildman–Crippen MR) is 67.2 cm³/mol. The molecule has 2 heteroatoms. The van der Waals surface area contributed by atoms with Gasteiger partial charge in [0.25, 0.3) is 0 Å². The second kappa shape index (κ2) is 4.42. The molecule has 0 aromatic carbocycles. The number of hydrogen-bond acceptors (Lipinski definition) is 2. The second-order valence-electron chi connectivity index (χ2n) is 6.31. The van der Waals surface area contributed by atoms with Crippen molar-refractivity contribution in [3.8, 4) is 0 Å². The highest BCUT2D eigenvalue weighted by Crippen LogP contribution is 2.24. The molecule has 2 nitrogen and oxygen atoms in total. The first-order chi connectivity index (χ1) is 6.73. The first-order valence-electron chi connectivity index (χ1n) is 6.26. The molecule has 0 bridgehead atoms. The molecule has 0 radical (unpaired) electrons. The predicted octanol–water partition coefficient (Wildman–Crippen LogP) is 2.59. The molecule has 1 unspecified atom stereocenters. The van der Waals surface area contributed by atoms with Crippen molar-refractivity contribution in [1.82, 2.24) is 9.80 Å². The normalized spacial score (nSPS) is 31.2. The van der Waals surface area contributed by atoms with Crippen LogP contribution in [0.3, 0.4) is 0 Å². The van der Waals surface area contributed by atoms with Crippen molar-refractivity contribution in [2.24, 2.45) is 0 Å². The van der Waals surface area contributed by atoms with Crippen LogP contribution in [0.4, 0.5) is 0 Å². The Morgan fingerprint density at radius 3 is 1.67 bits per heavy atom. The molecular weight excluding hydrogens is 184 g/mol. The molecule has 90 valence electrons. The molecule has 0 aromatic rings. The van der Waals surface area contributed by atoms with E-state index in [2.05, 4.69) is 58.3 Å². The summed E-state index contributed by atoms with van der Waals surface area (Å²) in [4.78, 5) is 5.25. The highest BCUT2D eigenvalue weighted by molar-refractivity contribution is 4.91. The fourth-order valence-electron chi connectivity index (χ4n) is 2.90. The van der Waals surface area contributed by atoms with Crippen LogP contribution in [0.1, 0.15) is 48.5 Å². The minimum absolute atomic E-state index is 0.311. The van der Waals surface area contributed by atoms with Crippen molar-refractivity contribution in [1.29, 1.82) is 0 Å². The molecule has 1 rings (SSSR count). The Kier molecular flexibility index (Phi) is 3.83. The van der Waals surface area contributed by atoms with Gasteiger partial charge in [-0.25, -0.2) is 0 Å². The molecule has 0 amide bonds. The largest absolute Gasteiger partial charge is 0.295 e. The summed E-state index contributed by atoms with van der Waals surface area (Å²) in [6.07, 6.45) is 0. The minimum Gasteiger partial charge on any atom is -0.295 e. The lowest BCUT2D eigenvalue weighted by Crippen LogP contribution is -2.62. The summed E-state index contributed by atoms with van der Waals surface area (Å²) in [6, 6.07) is 2.01. The molecule has 15 heavy (non-hydrogen) atoms. The number of piperazine rings is 1. The van der Waals surface area contributed by atoms with Crippen molar-refractivity contribution in [2.75, 3.05) is 13.1 Å². The Morgan fingerprint density at radius 2 is 1.40 bits per heavy atom. The zero-order valence-corrected chi connectivity index (χ0v) is 11.5. The lowest BCUT2D eigenvalue weighted by atomic mass is 9.98. The molecule has 1 heterocycles. The van der Waals surface area contributed by atoms with Gasteiger partial charge in [0.15, 0.2) is 0 Å². The molecule has 1 aliphatic rings. The Hall–Kier alpha value is -0.0800. The summed E-state index contributed by atoms with van der Waals surface area (Å²) in [5, 5.41) is 0. The minimum atomic E-state index is 0.311. The second-order valence-corrected chi connectivity index (χ2v) is 6.31. The fourth-order valence-corrected chi connectivity index (χ4v) is 2.90. The number of nitrogens with zero attached hydrogens (tertiary/aromatic N) is 2. The van der Waals surface area contributed by atoms with Crippen molar-refractivity contribution in [3.63, 3.8) is 0 Å². The van der Waals surface area contributed by atoms with Gasteiger partial charge in [0.2, 0.25) is 0 Å². The van der Waals surface area contributed by atoms with E-state index >= 15 is 0 Å². The van der Waals surface area contributed by atoms with Crippen molar-refractivity contribution < 1.29 is 0 Å². The van der Waals surface area contributed by atoms with Gasteiger partial charge in [-0.2, -0.15) is 0 Å². The van der Waals surface area contributed by atoms with Crippen LogP contribution in [-0.4, -0.2) is 46.6 Å². The quantitative estimate of drug-likeness (QED) is 0.659. The molecule has 1 saturated heterocycles. The molecule has 0 N–H and O–H groups in total. The van der Waals surface area contributed by atoms with E-state index in [0.29, 0.717) is 23.7 Å². The standard InChI is InChI=1S/C13H28N2/c1-10(2)15-11(3)8-14(9-12(15)4)13(5,6)7/h10-12H,8-9H2,1-7H3/t11-,12?/m1/s1. The summed E-state index contributed by atoms with van der Waals surface area (Å²) in [6.45, 7) is 18.7. The molecule has 2 atom stereocenters. The first-order valence-corrected chi connectivity index (χ1v) is 6.26. The van der Waals surface area contributed by atoms with Gasteiger partial charge in [0.1, 0.15) is 0 Å². The lowest BCUT2D eigenvalue weighted by molar-refractivity contribution is -0.0210. The van der Waals surface area contributed by atoms with E-state index in [9.17, 15) is 0 Å². The first kappa shape index (κ1) is 13.0. The number of hydrogen-bond donors (Lipinski definition) is 0. The van der Waals surface area contributed by atoms with E-state index in [1.54, 1.807) is 0 Å². The molecular formula is C13H28N2. The SMILES string of the molecule is CC(C)N1C(C)CN(C(C)(C)C)C[C@H]1C. The highest BCUT2D eigenvalue weighted by atomic mass is 15.3. The molecule has 0 saturated carbocycles. The van der Waals surface area contributed by atoms with Crippen LogP contribution in [0, 0.1) is 0 Å². The van der Waals surface area contributed by atoms with Gasteiger partial charge in [0, 0.05) is 36.8 Å². The van der Waals surface area contributed by atoms with Gasteiger partial charge in [-0.3, -0.25) is 9.80 Å². The summed E-state index contributed by atoms with van der Waals surface area (Å²) >= 11 is 0. The van der Waals surface area contributed by atoms with E-state index in [1.165, 1.54) is 13.1 Å². The van der Waals surface area contributed by atoms with Crippen LogP contribution < -0.4 is 0 Å². The third-order valence-electron chi connectivity index (χ3n) is 3.53. The number of rotatable bonds is 1. The van der Waals surface area contributed by atoms with Crippen LogP contribution in [0.25, 0.3) is 0 Å². The average molecular weight is 212 g/mol. The van der Waals surface area contributed by atoms with E-state index < -0.39 is 0 Å². The Bertz CT molecular complexity index is 193. The Balaban J connectivity index is 2.71. The lowest BCUT2D eigenvalue weighted by Gasteiger charge is -2.50. The molecule has 0 aromatic heterocycles. The molecule has 1 aliphatic heterocycles. The van der Waals surface area contributed by atoms with Crippen molar-refractivity contribution in [3.05, 3.63) is 0 Å². The topological polar surface area (TPSA) is 6.48 Å². The highest BCUT2D eigenvalue weighted by Gasteiger charge is 2.35. The third kappa shape index (κ3) is 2.94. The van der Waals surface area contributed by atoms with Crippen LogP contribution in [0.15, 0.2) is 0 Å². The van der Waals surface area contributed by atoms with Gasteiger partial charge in [-0.15, -0.1) is 0 Å². The van der Waals surface area contributed by atoms with Crippen molar-refractivity contribution >= 4 is 0 Å². The van der Waals surface area contributed by atoms with Crippen LogP contribution >= 0.6 is 0 Å². The van der Waals surface area contributed by atoms with E-state index in [-0.39, 0.29) is 0 Å². The van der Waals surface area contributed by atoms with E-state index in [0.717, 1.165) is 0 Å². The summed E-state index contributed by atoms with van der Waals surface area (Å²) < 4.78 is 0. The Labute approximate surface area is 95.6 Å². The van der Waals surface area contributed by atoms with Gasteiger partial charge < -0.3 is 0 Å². The van der Waals surface area contributed by atoms with Gasteiger partial charge in [-0.05, 0) is 48.5 Å². The van der Waals surface area contributed by atoms with Crippen LogP contribution in [0.5, 0.6) is 0 Å². The smallest absolute Gasteiger partial charge is 0.0201 e. The van der Waals surface area contributed by atoms with E-state index in [4.69, 9.17) is 0 Å². The van der Waals surface area contributed by atoms with Gasteiger partial charge in [0.05, 0.1) is 0 Å². The van der Waals surface area contributed by atoms with E-state index in [1.807, 2.05) is 0 Å². The zero-order chi connectivity index (χ0) is 11.8. The Morgan fingerprint density at radius 1 is 1.00 bits per heavy atom.